The number of benzene rings is 7. The fraction of sp³-hybridized carbons (Fsp3) is 0.0204. The highest BCUT2D eigenvalue weighted by molar-refractivity contribution is 6.36. The van der Waals surface area contributed by atoms with E-state index in [2.05, 4.69) is 140 Å². The largest absolute Gasteiger partial charge is 0.478 e. The Labute approximate surface area is 327 Å². The van der Waals surface area contributed by atoms with Crippen molar-refractivity contribution in [2.24, 2.45) is 15.0 Å². The maximum atomic E-state index is 12.2. The molecule has 9 aromatic rings. The number of aromatic nitrogens is 2. The Hall–Kier alpha value is -8.04. The second-order valence-corrected chi connectivity index (χ2v) is 15.8. The Morgan fingerprint density at radius 1 is 0.534 bits per heavy atom. The molecule has 15 rings (SSSR count). The first-order chi connectivity index (χ1) is 28.6. The molecule has 58 heavy (non-hydrogen) atoms. The van der Waals surface area contributed by atoms with E-state index in [4.69, 9.17) is 15.0 Å². The highest BCUT2D eigenvalue weighted by Crippen LogP contribution is 2.54. The molecular formula is C49H25N7O2+2. The number of hydrogen-bond donors (Lipinski definition) is 1. The van der Waals surface area contributed by atoms with Crippen LogP contribution in [0, 0.1) is 0 Å². The van der Waals surface area contributed by atoms with E-state index < -0.39 is 11.9 Å². The highest BCUT2D eigenvalue weighted by atomic mass is 16.4. The van der Waals surface area contributed by atoms with Crippen molar-refractivity contribution in [3.63, 3.8) is 0 Å². The molecule has 6 aliphatic rings. The number of aromatic carboxylic acids is 1. The zero-order valence-electron chi connectivity index (χ0n) is 30.3. The van der Waals surface area contributed by atoms with Gasteiger partial charge < -0.3 is 5.11 Å². The maximum absolute atomic E-state index is 12.2. The van der Waals surface area contributed by atoms with Gasteiger partial charge in [-0.2, -0.15) is 4.57 Å². The van der Waals surface area contributed by atoms with Gasteiger partial charge in [0, 0.05) is 21.7 Å². The van der Waals surface area contributed by atoms with Crippen LogP contribution in [0.4, 0.5) is 11.6 Å². The van der Waals surface area contributed by atoms with Gasteiger partial charge in [-0.15, -0.1) is 9.15 Å². The molecule has 0 aliphatic carbocycles. The van der Waals surface area contributed by atoms with Gasteiger partial charge in [0.1, 0.15) is 0 Å². The minimum Gasteiger partial charge on any atom is -0.478 e. The number of fused-ring (bicyclic) bond motifs is 14. The molecule has 0 saturated carbocycles. The summed E-state index contributed by atoms with van der Waals surface area (Å²) < 4.78 is 9.59. The molecule has 0 amide bonds. The van der Waals surface area contributed by atoms with E-state index in [1.165, 1.54) is 0 Å². The van der Waals surface area contributed by atoms with Crippen LogP contribution in [0.15, 0.2) is 161 Å². The van der Waals surface area contributed by atoms with E-state index >= 15 is 0 Å². The minimum atomic E-state index is -1.12. The molecule has 2 aromatic heterocycles. The second kappa shape index (κ2) is 9.49. The Bertz CT molecular complexity index is 3820. The van der Waals surface area contributed by atoms with Crippen molar-refractivity contribution in [2.75, 3.05) is 0 Å². The summed E-state index contributed by atoms with van der Waals surface area (Å²) in [6.07, 6.45) is 0. The predicted octanol–water partition coefficient (Wildman–Crippen LogP) is 7.33. The Balaban J connectivity index is 1.26. The first-order valence-corrected chi connectivity index (χ1v) is 19.4. The van der Waals surface area contributed by atoms with Crippen LogP contribution in [0.1, 0.15) is 38.2 Å². The summed E-state index contributed by atoms with van der Waals surface area (Å²) in [4.78, 5) is 29.2. The van der Waals surface area contributed by atoms with Crippen molar-refractivity contribution in [1.29, 1.82) is 0 Å². The molecule has 1 N–H and O–H groups in total. The molecular weight excluding hydrogens is 719 g/mol. The van der Waals surface area contributed by atoms with Crippen LogP contribution in [0.3, 0.4) is 0 Å². The van der Waals surface area contributed by atoms with E-state index in [9.17, 15) is 9.90 Å². The van der Waals surface area contributed by atoms with Crippen LogP contribution in [-0.4, -0.2) is 52.6 Å². The number of amidine groups is 3. The van der Waals surface area contributed by atoms with Gasteiger partial charge in [-0.1, -0.05) is 94.9 Å². The SMILES string of the molecule is O=C(O)c1ccc(C2=c3c4cc5ccccc5cc4c4n3C35n6c(c7cc8ccccc8cc7c6N=C6c7ccccc7C2=[N+]63)N=C2c3ccccc3C(=[N+]25)N=4)cc1. The normalized spacial score (nSPS) is 18.4. The van der Waals surface area contributed by atoms with Crippen LogP contribution in [0.25, 0.3) is 48.7 Å². The monoisotopic (exact) mass is 743 g/mol. The van der Waals surface area contributed by atoms with Crippen molar-refractivity contribution < 1.29 is 19.1 Å². The van der Waals surface area contributed by atoms with Gasteiger partial charge in [-0.3, -0.25) is 0 Å². The fourth-order valence-corrected chi connectivity index (χ4v) is 10.7. The molecule has 0 radical (unpaired) electrons. The summed E-state index contributed by atoms with van der Waals surface area (Å²) in [7, 11) is 0. The van der Waals surface area contributed by atoms with Gasteiger partial charge in [0.25, 0.3) is 17.5 Å². The van der Waals surface area contributed by atoms with Gasteiger partial charge >= 0.3 is 17.7 Å². The summed E-state index contributed by atoms with van der Waals surface area (Å²) in [5, 5.41) is 19.7. The average molecular weight is 744 g/mol. The molecule has 0 fully saturated rings. The van der Waals surface area contributed by atoms with E-state index in [-0.39, 0.29) is 5.56 Å². The Kier molecular flexibility index (Phi) is 4.79. The Morgan fingerprint density at radius 2 is 1.05 bits per heavy atom. The number of carbonyl (C=O) groups is 1. The standard InChI is InChI=1S/C49H24N7O2/c57-48(58)26-19-17-25(18-20-26)39-40-31-13-5-6-14-32(31)42-50-46-37-23-29-11-3-4-12-30(29)24-38(37)47-52-44-34-16-8-7-15-33(34)43-51-45-36-22-28-10-2-1-9-27(28)21-35(36)41(39)54(45)49(53(40)42,55(43)44)56(46)47/h1-24H/q+1/p+1. The molecule has 1 atom stereocenters. The van der Waals surface area contributed by atoms with Gasteiger partial charge in [0.15, 0.2) is 5.71 Å². The lowest BCUT2D eigenvalue weighted by Gasteiger charge is -2.41. The number of rotatable bonds is 2. The third-order valence-electron chi connectivity index (χ3n) is 13.0. The first-order valence-electron chi connectivity index (χ1n) is 19.4. The van der Waals surface area contributed by atoms with Crippen molar-refractivity contribution in [3.05, 3.63) is 190 Å². The van der Waals surface area contributed by atoms with Gasteiger partial charge in [-0.25, -0.2) is 9.36 Å². The van der Waals surface area contributed by atoms with E-state index in [0.717, 1.165) is 122 Å². The number of carboxylic acids is 1. The van der Waals surface area contributed by atoms with Crippen molar-refractivity contribution >= 4 is 89.5 Å². The van der Waals surface area contributed by atoms with Crippen LogP contribution < -0.4 is 10.8 Å². The molecule has 1 spiro atoms. The molecule has 266 valence electrons. The van der Waals surface area contributed by atoms with Crippen LogP contribution in [0.5, 0.6) is 0 Å². The zero-order chi connectivity index (χ0) is 37.8. The van der Waals surface area contributed by atoms with Gasteiger partial charge in [-0.05, 0) is 92.8 Å². The van der Waals surface area contributed by atoms with Crippen molar-refractivity contribution in [3.8, 4) is 0 Å². The predicted molar refractivity (Wildman–Crippen MR) is 223 cm³/mol. The van der Waals surface area contributed by atoms with Gasteiger partial charge in [0.05, 0.1) is 38.6 Å². The molecule has 6 aliphatic heterocycles. The van der Waals surface area contributed by atoms with Gasteiger partial charge in [0.2, 0.25) is 11.3 Å². The lowest BCUT2D eigenvalue weighted by atomic mass is 9.92. The van der Waals surface area contributed by atoms with E-state index in [1.54, 1.807) is 12.1 Å². The lowest BCUT2D eigenvalue weighted by molar-refractivity contribution is -0.789. The number of carboxylic acid groups (broad SMARTS) is 1. The third kappa shape index (κ3) is 3.06. The quantitative estimate of drug-likeness (QED) is 0.188. The maximum Gasteiger partial charge on any atom is 0.423 e. The number of aliphatic imine (C=N–C) groups is 2. The lowest BCUT2D eigenvalue weighted by Crippen LogP contribution is -2.72. The van der Waals surface area contributed by atoms with Crippen molar-refractivity contribution in [1.82, 2.24) is 9.13 Å². The second-order valence-electron chi connectivity index (χ2n) is 15.8. The summed E-state index contributed by atoms with van der Waals surface area (Å²) in [5.74, 6) is 2.12. The Morgan fingerprint density at radius 3 is 1.67 bits per heavy atom. The minimum absolute atomic E-state index is 0.236. The summed E-state index contributed by atoms with van der Waals surface area (Å²) in [6.45, 7) is 0. The molecule has 7 aromatic carbocycles. The molecule has 0 bridgehead atoms. The highest BCUT2D eigenvalue weighted by Gasteiger charge is 2.70. The molecule has 9 nitrogen and oxygen atoms in total. The topological polar surface area (TPSA) is 90.3 Å². The smallest absolute Gasteiger partial charge is 0.423 e. The molecule has 9 heteroatoms. The number of nitrogens with zero attached hydrogens (tertiary/aromatic N) is 7. The van der Waals surface area contributed by atoms with E-state index in [0.29, 0.717) is 0 Å². The fourth-order valence-electron chi connectivity index (χ4n) is 10.7. The molecule has 0 saturated heterocycles. The average Bonchev–Trinajstić information content (AvgIpc) is 3.98. The first kappa shape index (κ1) is 29.3. The summed E-state index contributed by atoms with van der Waals surface area (Å²) >= 11 is 0. The summed E-state index contributed by atoms with van der Waals surface area (Å²) in [5.41, 5.74) is 8.12. The summed E-state index contributed by atoms with van der Waals surface area (Å²) in [6, 6.07) is 50.5. The van der Waals surface area contributed by atoms with E-state index in [1.807, 2.05) is 12.1 Å². The molecule has 1 unspecified atom stereocenters. The van der Waals surface area contributed by atoms with Crippen LogP contribution in [-0.2, 0) is 5.91 Å². The molecule has 8 heterocycles. The number of hydrogen-bond acceptors (Lipinski definition) is 4. The van der Waals surface area contributed by atoms with Crippen LogP contribution >= 0.6 is 0 Å². The van der Waals surface area contributed by atoms with Crippen LogP contribution in [0.2, 0.25) is 0 Å². The van der Waals surface area contributed by atoms with Crippen molar-refractivity contribution in [2.45, 2.75) is 5.91 Å². The zero-order valence-corrected chi connectivity index (χ0v) is 30.3. The third-order valence-corrected chi connectivity index (χ3v) is 13.0.